The Morgan fingerprint density at radius 2 is 1.93 bits per heavy atom. The number of rotatable bonds is 5. The van der Waals surface area contributed by atoms with Crippen LogP contribution in [0, 0.1) is 0 Å². The topological polar surface area (TPSA) is 91.5 Å². The number of benzene rings is 2. The highest BCUT2D eigenvalue weighted by Gasteiger charge is 2.26. The van der Waals surface area contributed by atoms with E-state index < -0.39 is 12.0 Å². The zero-order valence-electron chi connectivity index (χ0n) is 15.9. The van der Waals surface area contributed by atoms with Crippen molar-refractivity contribution in [2.45, 2.75) is 25.6 Å². The van der Waals surface area contributed by atoms with E-state index in [1.165, 1.54) is 0 Å². The van der Waals surface area contributed by atoms with E-state index in [0.717, 1.165) is 5.56 Å². The molecular formula is C23H20N2O4. The van der Waals surface area contributed by atoms with Gasteiger partial charge in [-0.05, 0) is 42.8 Å². The maximum Gasteiger partial charge on any atom is 0.249 e. The van der Waals surface area contributed by atoms with Crippen molar-refractivity contribution in [2.75, 3.05) is 0 Å². The summed E-state index contributed by atoms with van der Waals surface area (Å²) in [5.74, 6) is 0.543. The SMILES string of the molecule is C[C@H]1CC(=O)c2ccc(O[C@@H](c3ccncc3)c3ccccc3C(N)=O)cc2O1. The first-order valence-electron chi connectivity index (χ1n) is 9.32. The molecule has 0 aliphatic carbocycles. The van der Waals surface area contributed by atoms with Crippen molar-refractivity contribution in [1.29, 1.82) is 0 Å². The summed E-state index contributed by atoms with van der Waals surface area (Å²) in [6, 6.07) is 15.9. The van der Waals surface area contributed by atoms with E-state index in [1.807, 2.05) is 31.2 Å². The molecule has 2 atom stereocenters. The van der Waals surface area contributed by atoms with Crippen LogP contribution in [0.25, 0.3) is 0 Å². The third kappa shape index (κ3) is 3.82. The van der Waals surface area contributed by atoms with Gasteiger partial charge < -0.3 is 15.2 Å². The number of ether oxygens (including phenoxy) is 2. The van der Waals surface area contributed by atoms with E-state index in [9.17, 15) is 9.59 Å². The van der Waals surface area contributed by atoms with Crippen molar-refractivity contribution in [1.82, 2.24) is 4.98 Å². The number of carbonyl (C=O) groups is 2. The maximum atomic E-state index is 12.2. The number of aromatic nitrogens is 1. The van der Waals surface area contributed by atoms with Crippen molar-refractivity contribution in [3.63, 3.8) is 0 Å². The monoisotopic (exact) mass is 388 g/mol. The first-order valence-corrected chi connectivity index (χ1v) is 9.32. The molecule has 2 heterocycles. The van der Waals surface area contributed by atoms with Gasteiger partial charge in [0.2, 0.25) is 5.91 Å². The summed E-state index contributed by atoms with van der Waals surface area (Å²) in [7, 11) is 0. The molecule has 1 aromatic heterocycles. The molecule has 6 heteroatoms. The summed E-state index contributed by atoms with van der Waals surface area (Å²) < 4.78 is 12.1. The van der Waals surface area contributed by atoms with Crippen LogP contribution in [0.4, 0.5) is 0 Å². The van der Waals surface area contributed by atoms with Crippen LogP contribution in [0.15, 0.2) is 67.0 Å². The molecule has 1 aliphatic heterocycles. The number of Topliss-reactive ketones (excluding diaryl/α,β-unsaturated/α-hetero) is 1. The Morgan fingerprint density at radius 3 is 2.69 bits per heavy atom. The molecule has 0 unspecified atom stereocenters. The van der Waals surface area contributed by atoms with Crippen LogP contribution < -0.4 is 15.2 Å². The van der Waals surface area contributed by atoms with Gasteiger partial charge in [-0.3, -0.25) is 14.6 Å². The maximum absolute atomic E-state index is 12.2. The largest absolute Gasteiger partial charge is 0.489 e. The summed E-state index contributed by atoms with van der Waals surface area (Å²) in [5.41, 5.74) is 7.98. The second-order valence-electron chi connectivity index (χ2n) is 6.94. The van der Waals surface area contributed by atoms with Crippen LogP contribution >= 0.6 is 0 Å². The zero-order chi connectivity index (χ0) is 20.4. The average Bonchev–Trinajstić information content (AvgIpc) is 2.72. The highest BCUT2D eigenvalue weighted by molar-refractivity contribution is 6.00. The van der Waals surface area contributed by atoms with E-state index in [0.29, 0.717) is 34.6 Å². The Kier molecular flexibility index (Phi) is 4.99. The Morgan fingerprint density at radius 1 is 1.17 bits per heavy atom. The molecule has 6 nitrogen and oxygen atoms in total. The van der Waals surface area contributed by atoms with Crippen LogP contribution in [0.1, 0.15) is 51.3 Å². The number of primary amides is 1. The third-order valence-electron chi connectivity index (χ3n) is 4.83. The van der Waals surface area contributed by atoms with Gasteiger partial charge in [0.1, 0.15) is 23.7 Å². The number of carbonyl (C=O) groups excluding carboxylic acids is 2. The molecule has 0 saturated carbocycles. The van der Waals surface area contributed by atoms with Gasteiger partial charge in [0.05, 0.1) is 5.56 Å². The molecule has 4 rings (SSSR count). The lowest BCUT2D eigenvalue weighted by molar-refractivity contribution is 0.0869. The number of hydrogen-bond donors (Lipinski definition) is 1. The Bertz CT molecular complexity index is 1070. The van der Waals surface area contributed by atoms with Crippen LogP contribution in [-0.2, 0) is 0 Å². The molecule has 1 amide bonds. The minimum absolute atomic E-state index is 0.0510. The second kappa shape index (κ2) is 7.75. The fourth-order valence-corrected chi connectivity index (χ4v) is 3.47. The standard InChI is InChI=1S/C23H20N2O4/c1-14-12-20(26)19-7-6-16(13-21(19)28-14)29-22(15-8-10-25-11-9-15)17-4-2-3-5-18(17)23(24)27/h2-11,13-14,22H,12H2,1H3,(H2,24,27)/t14-,22-/m0/s1. The smallest absolute Gasteiger partial charge is 0.249 e. The van der Waals surface area contributed by atoms with Crippen molar-refractivity contribution < 1.29 is 19.1 Å². The van der Waals surface area contributed by atoms with Crippen LogP contribution in [0.2, 0.25) is 0 Å². The van der Waals surface area contributed by atoms with Gasteiger partial charge in [0.15, 0.2) is 5.78 Å². The predicted molar refractivity (Wildman–Crippen MR) is 107 cm³/mol. The first-order chi connectivity index (χ1) is 14.0. The summed E-state index contributed by atoms with van der Waals surface area (Å²) >= 11 is 0. The molecule has 29 heavy (non-hydrogen) atoms. The summed E-state index contributed by atoms with van der Waals surface area (Å²) in [6.07, 6.45) is 2.91. The van der Waals surface area contributed by atoms with Crippen molar-refractivity contribution >= 4 is 11.7 Å². The summed E-state index contributed by atoms with van der Waals surface area (Å²) in [5, 5.41) is 0. The number of nitrogens with zero attached hydrogens (tertiary/aromatic N) is 1. The molecule has 0 saturated heterocycles. The van der Waals surface area contributed by atoms with Crippen molar-refractivity contribution in [3.05, 3.63) is 89.2 Å². The highest BCUT2D eigenvalue weighted by Crippen LogP contribution is 2.35. The van der Waals surface area contributed by atoms with Crippen LogP contribution in [-0.4, -0.2) is 22.8 Å². The highest BCUT2D eigenvalue weighted by atomic mass is 16.5. The van der Waals surface area contributed by atoms with Gasteiger partial charge in [0.25, 0.3) is 0 Å². The van der Waals surface area contributed by atoms with E-state index in [1.54, 1.807) is 42.7 Å². The minimum Gasteiger partial charge on any atom is -0.489 e. The Hall–Kier alpha value is -3.67. The van der Waals surface area contributed by atoms with E-state index in [-0.39, 0.29) is 11.9 Å². The number of hydrogen-bond acceptors (Lipinski definition) is 5. The molecule has 2 N–H and O–H groups in total. The Balaban J connectivity index is 1.76. The summed E-state index contributed by atoms with van der Waals surface area (Å²) in [4.78, 5) is 28.2. The number of ketones is 1. The van der Waals surface area contributed by atoms with Crippen LogP contribution in [0.3, 0.4) is 0 Å². The number of pyridine rings is 1. The fourth-order valence-electron chi connectivity index (χ4n) is 3.47. The number of amides is 1. The van der Waals surface area contributed by atoms with Crippen LogP contribution in [0.5, 0.6) is 11.5 Å². The van der Waals surface area contributed by atoms with E-state index >= 15 is 0 Å². The number of fused-ring (bicyclic) bond motifs is 1. The number of nitrogens with two attached hydrogens (primary N) is 1. The molecule has 0 fully saturated rings. The molecule has 0 spiro atoms. The molecule has 0 bridgehead atoms. The lowest BCUT2D eigenvalue weighted by Crippen LogP contribution is -2.24. The van der Waals surface area contributed by atoms with Crippen molar-refractivity contribution in [2.24, 2.45) is 5.73 Å². The Labute approximate surface area is 168 Å². The molecule has 2 aromatic carbocycles. The normalized spacial score (nSPS) is 16.4. The quantitative estimate of drug-likeness (QED) is 0.719. The van der Waals surface area contributed by atoms with E-state index in [2.05, 4.69) is 4.98 Å². The molecule has 0 radical (unpaired) electrons. The van der Waals surface area contributed by atoms with Crippen molar-refractivity contribution in [3.8, 4) is 11.5 Å². The van der Waals surface area contributed by atoms with Gasteiger partial charge >= 0.3 is 0 Å². The molecular weight excluding hydrogens is 368 g/mol. The van der Waals surface area contributed by atoms with Gasteiger partial charge in [-0.15, -0.1) is 0 Å². The first kappa shape index (κ1) is 18.7. The molecule has 1 aliphatic rings. The summed E-state index contributed by atoms with van der Waals surface area (Å²) in [6.45, 7) is 1.86. The third-order valence-corrected chi connectivity index (χ3v) is 4.83. The predicted octanol–water partition coefficient (Wildman–Crippen LogP) is 3.70. The lowest BCUT2D eigenvalue weighted by atomic mass is 9.96. The van der Waals surface area contributed by atoms with Gasteiger partial charge in [-0.25, -0.2) is 0 Å². The zero-order valence-corrected chi connectivity index (χ0v) is 15.9. The average molecular weight is 388 g/mol. The molecule has 3 aromatic rings. The second-order valence-corrected chi connectivity index (χ2v) is 6.94. The van der Waals surface area contributed by atoms with E-state index in [4.69, 9.17) is 15.2 Å². The van der Waals surface area contributed by atoms with Gasteiger partial charge in [0, 0.05) is 36.0 Å². The van der Waals surface area contributed by atoms with Gasteiger partial charge in [-0.2, -0.15) is 0 Å². The fraction of sp³-hybridized carbons (Fsp3) is 0.174. The lowest BCUT2D eigenvalue weighted by Gasteiger charge is -2.25. The minimum atomic E-state index is -0.587. The van der Waals surface area contributed by atoms with Gasteiger partial charge in [-0.1, -0.05) is 18.2 Å². The molecule has 146 valence electrons.